The molecule has 1 spiro atoms. The second-order valence-corrected chi connectivity index (χ2v) is 7.39. The van der Waals surface area contributed by atoms with Gasteiger partial charge in [0.15, 0.2) is 5.79 Å². The number of rotatable bonds is 4. The Hall–Kier alpha value is -2.18. The zero-order chi connectivity index (χ0) is 18.9. The third-order valence-electron chi connectivity index (χ3n) is 5.72. The lowest BCUT2D eigenvalue weighted by atomic mass is 10.0. The molecule has 2 aliphatic heterocycles. The van der Waals surface area contributed by atoms with Crippen LogP contribution in [0.3, 0.4) is 0 Å². The third kappa shape index (κ3) is 3.64. The van der Waals surface area contributed by atoms with Crippen LogP contribution in [0.4, 0.5) is 0 Å². The standard InChI is InChI=1S/C21H27N3O3/c1-16-19(17(2)24(22-16)18-6-4-3-5-7-18)8-9-20(25)23-12-10-21(11-13-23)26-14-15-27-21/h3-7H,8-15H2,1-2H3. The van der Waals surface area contributed by atoms with Gasteiger partial charge in [0.05, 0.1) is 24.6 Å². The summed E-state index contributed by atoms with van der Waals surface area (Å²) in [5, 5.41) is 4.68. The number of aryl methyl sites for hydroxylation is 1. The lowest BCUT2D eigenvalue weighted by molar-refractivity contribution is -0.187. The minimum atomic E-state index is -0.430. The molecule has 0 saturated carbocycles. The van der Waals surface area contributed by atoms with Crippen molar-refractivity contribution in [3.8, 4) is 5.69 Å². The Morgan fingerprint density at radius 1 is 1.11 bits per heavy atom. The fourth-order valence-electron chi connectivity index (χ4n) is 4.13. The SMILES string of the molecule is Cc1nn(-c2ccccc2)c(C)c1CCC(=O)N1CCC2(CC1)OCCO2. The van der Waals surface area contributed by atoms with Crippen molar-refractivity contribution in [3.63, 3.8) is 0 Å². The topological polar surface area (TPSA) is 56.6 Å². The van der Waals surface area contributed by atoms with E-state index < -0.39 is 5.79 Å². The van der Waals surface area contributed by atoms with Gasteiger partial charge in [-0.2, -0.15) is 5.10 Å². The van der Waals surface area contributed by atoms with E-state index in [1.807, 2.05) is 46.8 Å². The Bertz CT molecular complexity index is 800. The summed E-state index contributed by atoms with van der Waals surface area (Å²) in [6, 6.07) is 10.1. The summed E-state index contributed by atoms with van der Waals surface area (Å²) in [5.74, 6) is -0.227. The number of amides is 1. The molecule has 0 aliphatic carbocycles. The van der Waals surface area contributed by atoms with Gasteiger partial charge in [0, 0.05) is 38.0 Å². The van der Waals surface area contributed by atoms with Crippen molar-refractivity contribution >= 4 is 5.91 Å². The van der Waals surface area contributed by atoms with Crippen molar-refractivity contribution in [1.82, 2.24) is 14.7 Å². The number of hydrogen-bond acceptors (Lipinski definition) is 4. The minimum absolute atomic E-state index is 0.203. The van der Waals surface area contributed by atoms with E-state index in [-0.39, 0.29) is 5.91 Å². The van der Waals surface area contributed by atoms with Crippen LogP contribution in [0.2, 0.25) is 0 Å². The molecule has 4 rings (SSSR count). The maximum Gasteiger partial charge on any atom is 0.222 e. The van der Waals surface area contributed by atoms with Crippen LogP contribution in [-0.4, -0.2) is 52.7 Å². The van der Waals surface area contributed by atoms with E-state index in [9.17, 15) is 4.79 Å². The zero-order valence-corrected chi connectivity index (χ0v) is 16.1. The van der Waals surface area contributed by atoms with Crippen LogP contribution in [0, 0.1) is 13.8 Å². The van der Waals surface area contributed by atoms with E-state index >= 15 is 0 Å². The number of hydrogen-bond donors (Lipinski definition) is 0. The number of piperidine rings is 1. The predicted octanol–water partition coefficient (Wildman–Crippen LogP) is 2.79. The number of carbonyl (C=O) groups is 1. The molecule has 0 N–H and O–H groups in total. The lowest BCUT2D eigenvalue weighted by Gasteiger charge is -2.37. The van der Waals surface area contributed by atoms with E-state index in [0.717, 1.165) is 36.3 Å². The highest BCUT2D eigenvalue weighted by molar-refractivity contribution is 5.76. The van der Waals surface area contributed by atoms with Gasteiger partial charge in [-0.15, -0.1) is 0 Å². The molecule has 1 amide bonds. The van der Waals surface area contributed by atoms with Crippen molar-refractivity contribution < 1.29 is 14.3 Å². The summed E-state index contributed by atoms with van der Waals surface area (Å²) < 4.78 is 13.5. The second-order valence-electron chi connectivity index (χ2n) is 7.39. The molecule has 3 heterocycles. The van der Waals surface area contributed by atoms with Gasteiger partial charge in [0.25, 0.3) is 0 Å². The molecule has 2 aromatic rings. The van der Waals surface area contributed by atoms with Crippen LogP contribution in [0.25, 0.3) is 5.69 Å². The highest BCUT2D eigenvalue weighted by Crippen LogP contribution is 2.31. The van der Waals surface area contributed by atoms with Crippen molar-refractivity contribution in [2.24, 2.45) is 0 Å². The van der Waals surface area contributed by atoms with Crippen molar-refractivity contribution in [3.05, 3.63) is 47.3 Å². The smallest absolute Gasteiger partial charge is 0.222 e. The van der Waals surface area contributed by atoms with Gasteiger partial charge in [-0.1, -0.05) is 18.2 Å². The van der Waals surface area contributed by atoms with Gasteiger partial charge in [-0.25, -0.2) is 4.68 Å². The van der Waals surface area contributed by atoms with Gasteiger partial charge < -0.3 is 14.4 Å². The number of nitrogens with zero attached hydrogens (tertiary/aromatic N) is 3. The van der Waals surface area contributed by atoms with Crippen molar-refractivity contribution in [2.45, 2.75) is 45.3 Å². The summed E-state index contributed by atoms with van der Waals surface area (Å²) in [7, 11) is 0. The number of benzene rings is 1. The van der Waals surface area contributed by atoms with Crippen molar-refractivity contribution in [2.75, 3.05) is 26.3 Å². The van der Waals surface area contributed by atoms with E-state index in [4.69, 9.17) is 9.47 Å². The first-order chi connectivity index (χ1) is 13.1. The summed E-state index contributed by atoms with van der Waals surface area (Å²) in [6.07, 6.45) is 2.76. The number of ether oxygens (including phenoxy) is 2. The highest BCUT2D eigenvalue weighted by atomic mass is 16.7. The molecule has 2 fully saturated rings. The number of aromatic nitrogens is 2. The zero-order valence-electron chi connectivity index (χ0n) is 16.1. The molecule has 6 nitrogen and oxygen atoms in total. The van der Waals surface area contributed by atoms with Crippen LogP contribution in [0.15, 0.2) is 30.3 Å². The Morgan fingerprint density at radius 2 is 1.78 bits per heavy atom. The monoisotopic (exact) mass is 369 g/mol. The predicted molar refractivity (Wildman–Crippen MR) is 102 cm³/mol. The van der Waals surface area contributed by atoms with Gasteiger partial charge in [0.1, 0.15) is 0 Å². The molecular formula is C21H27N3O3. The minimum Gasteiger partial charge on any atom is -0.347 e. The summed E-state index contributed by atoms with van der Waals surface area (Å²) in [4.78, 5) is 14.6. The van der Waals surface area contributed by atoms with Gasteiger partial charge in [-0.3, -0.25) is 4.79 Å². The maximum absolute atomic E-state index is 12.7. The van der Waals surface area contributed by atoms with Crippen LogP contribution >= 0.6 is 0 Å². The van der Waals surface area contributed by atoms with E-state index in [1.165, 1.54) is 5.56 Å². The molecule has 27 heavy (non-hydrogen) atoms. The molecule has 2 saturated heterocycles. The normalized spacial score (nSPS) is 19.0. The van der Waals surface area contributed by atoms with Gasteiger partial charge in [0.2, 0.25) is 5.91 Å². The first kappa shape index (κ1) is 18.2. The molecule has 0 unspecified atom stereocenters. The number of carbonyl (C=O) groups excluding carboxylic acids is 1. The number of likely N-dealkylation sites (tertiary alicyclic amines) is 1. The Kier molecular flexibility index (Phi) is 5.02. The highest BCUT2D eigenvalue weighted by Gasteiger charge is 2.40. The van der Waals surface area contributed by atoms with E-state index in [0.29, 0.717) is 32.7 Å². The summed E-state index contributed by atoms with van der Waals surface area (Å²) >= 11 is 0. The fourth-order valence-corrected chi connectivity index (χ4v) is 4.13. The molecule has 0 radical (unpaired) electrons. The van der Waals surface area contributed by atoms with Crippen LogP contribution < -0.4 is 0 Å². The lowest BCUT2D eigenvalue weighted by Crippen LogP contribution is -2.47. The van der Waals surface area contributed by atoms with E-state index in [2.05, 4.69) is 12.0 Å². The van der Waals surface area contributed by atoms with E-state index in [1.54, 1.807) is 0 Å². The molecule has 6 heteroatoms. The summed E-state index contributed by atoms with van der Waals surface area (Å²) in [6.45, 7) is 6.84. The van der Waals surface area contributed by atoms with Gasteiger partial charge in [-0.05, 0) is 38.0 Å². The molecule has 0 atom stereocenters. The Morgan fingerprint density at radius 3 is 2.44 bits per heavy atom. The molecule has 0 bridgehead atoms. The van der Waals surface area contributed by atoms with Crippen LogP contribution in [0.1, 0.15) is 36.2 Å². The third-order valence-corrected chi connectivity index (χ3v) is 5.72. The molecular weight excluding hydrogens is 342 g/mol. The average molecular weight is 369 g/mol. The molecule has 144 valence electrons. The Balaban J connectivity index is 1.38. The first-order valence-electron chi connectivity index (χ1n) is 9.74. The molecule has 2 aliphatic rings. The number of para-hydroxylation sites is 1. The molecule has 1 aromatic carbocycles. The molecule has 1 aromatic heterocycles. The summed E-state index contributed by atoms with van der Waals surface area (Å²) in [5.41, 5.74) is 4.32. The van der Waals surface area contributed by atoms with Crippen LogP contribution in [-0.2, 0) is 20.7 Å². The second kappa shape index (κ2) is 7.44. The largest absolute Gasteiger partial charge is 0.347 e. The first-order valence-corrected chi connectivity index (χ1v) is 9.74. The Labute approximate surface area is 160 Å². The quantitative estimate of drug-likeness (QED) is 0.832. The van der Waals surface area contributed by atoms with Crippen LogP contribution in [0.5, 0.6) is 0 Å². The van der Waals surface area contributed by atoms with Crippen molar-refractivity contribution in [1.29, 1.82) is 0 Å². The maximum atomic E-state index is 12.7. The fraction of sp³-hybridized carbons (Fsp3) is 0.524. The average Bonchev–Trinajstić information content (AvgIpc) is 3.26. The van der Waals surface area contributed by atoms with Gasteiger partial charge >= 0.3 is 0 Å².